The maximum absolute atomic E-state index is 5.68. The van der Waals surface area contributed by atoms with Crippen molar-refractivity contribution in [1.82, 2.24) is 4.68 Å². The van der Waals surface area contributed by atoms with Crippen molar-refractivity contribution in [3.8, 4) is 22.8 Å². The van der Waals surface area contributed by atoms with Crippen LogP contribution in [-0.4, -0.2) is 31.7 Å². The van der Waals surface area contributed by atoms with E-state index >= 15 is 0 Å². The number of hydrogen-bond acceptors (Lipinski definition) is 6. The molecule has 2 aromatic heterocycles. The second kappa shape index (κ2) is 7.61. The minimum atomic E-state index is 0.729. The summed E-state index contributed by atoms with van der Waals surface area (Å²) in [5, 5.41) is 6.74. The Hall–Kier alpha value is -2.80. The molecule has 136 valence electrons. The lowest BCUT2D eigenvalue weighted by atomic mass is 10.1. The molecule has 1 aromatic carbocycles. The Morgan fingerprint density at radius 2 is 1.96 bits per heavy atom. The molecule has 0 fully saturated rings. The summed E-state index contributed by atoms with van der Waals surface area (Å²) in [4.78, 5) is 5.11. The van der Waals surface area contributed by atoms with Crippen LogP contribution in [0, 0.1) is 6.92 Å². The molecule has 0 aliphatic heterocycles. The molecule has 0 saturated heterocycles. The first-order valence-corrected chi connectivity index (χ1v) is 8.93. The van der Waals surface area contributed by atoms with E-state index in [-0.39, 0.29) is 0 Å². The van der Waals surface area contributed by atoms with Crippen molar-refractivity contribution in [2.24, 2.45) is 10.1 Å². The summed E-state index contributed by atoms with van der Waals surface area (Å²) in [5.41, 5.74) is 2.51. The number of rotatable bonds is 5. The van der Waals surface area contributed by atoms with Gasteiger partial charge in [-0.05, 0) is 44.2 Å². The average Bonchev–Trinajstić information content (AvgIpc) is 3.27. The largest absolute Gasteiger partial charge is 0.497 e. The fourth-order valence-electron chi connectivity index (χ4n) is 2.58. The molecule has 26 heavy (non-hydrogen) atoms. The van der Waals surface area contributed by atoms with Crippen LogP contribution < -0.4 is 14.3 Å². The molecule has 0 spiro atoms. The fraction of sp³-hybridized carbons (Fsp3) is 0.263. The second-order valence-corrected chi connectivity index (χ2v) is 6.44. The molecule has 0 unspecified atom stereocenters. The van der Waals surface area contributed by atoms with Crippen molar-refractivity contribution in [3.63, 3.8) is 0 Å². The lowest BCUT2D eigenvalue weighted by Crippen LogP contribution is -2.13. The molecule has 3 aromatic rings. The van der Waals surface area contributed by atoms with Crippen molar-refractivity contribution >= 4 is 17.0 Å². The Kier molecular flexibility index (Phi) is 5.27. The first-order chi connectivity index (χ1) is 12.6. The normalized spacial score (nSPS) is 12.5. The van der Waals surface area contributed by atoms with E-state index in [4.69, 9.17) is 19.0 Å². The molecule has 6 nitrogen and oxygen atoms in total. The average molecular weight is 371 g/mol. The predicted molar refractivity (Wildman–Crippen MR) is 103 cm³/mol. The Balaban J connectivity index is 2.18. The van der Waals surface area contributed by atoms with Gasteiger partial charge in [0, 0.05) is 18.0 Å². The third kappa shape index (κ3) is 3.43. The Bertz CT molecular complexity index is 1010. The van der Waals surface area contributed by atoms with Crippen LogP contribution in [0.2, 0.25) is 0 Å². The zero-order chi connectivity index (χ0) is 18.7. The van der Waals surface area contributed by atoms with Gasteiger partial charge in [-0.2, -0.15) is 5.10 Å². The van der Waals surface area contributed by atoms with Crippen LogP contribution in [0.3, 0.4) is 0 Å². The van der Waals surface area contributed by atoms with E-state index in [9.17, 15) is 0 Å². The topological polar surface area (TPSA) is 61.2 Å². The number of nitrogens with zero attached hydrogens (tertiary/aromatic N) is 3. The van der Waals surface area contributed by atoms with E-state index < -0.39 is 0 Å². The van der Waals surface area contributed by atoms with Gasteiger partial charge in [-0.3, -0.25) is 4.99 Å². The third-order valence-corrected chi connectivity index (χ3v) is 4.81. The van der Waals surface area contributed by atoms with Gasteiger partial charge in [-0.25, -0.2) is 4.68 Å². The van der Waals surface area contributed by atoms with E-state index in [1.165, 1.54) is 11.3 Å². The Morgan fingerprint density at radius 3 is 2.58 bits per heavy atom. The van der Waals surface area contributed by atoms with Crippen LogP contribution in [0.25, 0.3) is 11.3 Å². The number of thiazole rings is 1. The Labute approximate surface area is 156 Å². The maximum Gasteiger partial charge on any atom is 0.205 e. The molecule has 0 saturated carbocycles. The SMILES string of the molecule is CN=c1scc(-c2cc(OC)ccc2OC)n1N=C(C)c1ccc(C)o1. The molecule has 0 bridgehead atoms. The highest BCUT2D eigenvalue weighted by Gasteiger charge is 2.15. The predicted octanol–water partition coefficient (Wildman–Crippen LogP) is 3.94. The first-order valence-electron chi connectivity index (χ1n) is 8.05. The minimum absolute atomic E-state index is 0.729. The summed E-state index contributed by atoms with van der Waals surface area (Å²) in [5.74, 6) is 3.06. The zero-order valence-electron chi connectivity index (χ0n) is 15.4. The van der Waals surface area contributed by atoms with Crippen LogP contribution in [0.4, 0.5) is 0 Å². The zero-order valence-corrected chi connectivity index (χ0v) is 16.3. The van der Waals surface area contributed by atoms with E-state index in [1.807, 2.05) is 49.6 Å². The van der Waals surface area contributed by atoms with Crippen molar-refractivity contribution < 1.29 is 13.9 Å². The van der Waals surface area contributed by atoms with Crippen LogP contribution >= 0.6 is 11.3 Å². The highest BCUT2D eigenvalue weighted by molar-refractivity contribution is 7.07. The van der Waals surface area contributed by atoms with E-state index in [0.717, 1.165) is 44.8 Å². The molecular weight excluding hydrogens is 350 g/mol. The number of benzene rings is 1. The molecule has 3 rings (SSSR count). The fourth-order valence-corrected chi connectivity index (χ4v) is 3.36. The quantitative estimate of drug-likeness (QED) is 0.638. The van der Waals surface area contributed by atoms with Gasteiger partial charge in [-0.15, -0.1) is 11.3 Å². The minimum Gasteiger partial charge on any atom is -0.497 e. The van der Waals surface area contributed by atoms with Crippen LogP contribution in [-0.2, 0) is 0 Å². The summed E-state index contributed by atoms with van der Waals surface area (Å²) in [6.45, 7) is 3.82. The van der Waals surface area contributed by atoms with Gasteiger partial charge in [-0.1, -0.05) is 0 Å². The number of ether oxygens (including phenoxy) is 2. The second-order valence-electron chi connectivity index (χ2n) is 5.60. The van der Waals surface area contributed by atoms with Gasteiger partial charge in [0.1, 0.15) is 28.7 Å². The van der Waals surface area contributed by atoms with Crippen LogP contribution in [0.5, 0.6) is 11.5 Å². The standard InChI is InChI=1S/C19H21N3O3S/c1-12-6-8-17(25-12)13(2)21-22-16(11-26-19(22)20-3)15-10-14(23-4)7-9-18(15)24-5/h6-11H,1-5H3. The summed E-state index contributed by atoms with van der Waals surface area (Å²) >= 11 is 1.51. The smallest absolute Gasteiger partial charge is 0.205 e. The molecule has 0 aliphatic carbocycles. The number of aryl methyl sites for hydroxylation is 1. The number of furan rings is 1. The maximum atomic E-state index is 5.68. The van der Waals surface area contributed by atoms with E-state index in [0.29, 0.717) is 0 Å². The van der Waals surface area contributed by atoms with Gasteiger partial charge in [0.2, 0.25) is 4.80 Å². The Morgan fingerprint density at radius 1 is 1.15 bits per heavy atom. The summed E-state index contributed by atoms with van der Waals surface area (Å²) in [7, 11) is 5.03. The van der Waals surface area contributed by atoms with Crippen molar-refractivity contribution in [3.05, 3.63) is 52.0 Å². The van der Waals surface area contributed by atoms with Gasteiger partial charge >= 0.3 is 0 Å². The molecule has 0 aliphatic rings. The number of hydrogen-bond donors (Lipinski definition) is 0. The molecule has 0 amide bonds. The highest BCUT2D eigenvalue weighted by Crippen LogP contribution is 2.33. The molecule has 2 heterocycles. The van der Waals surface area contributed by atoms with Gasteiger partial charge in [0.05, 0.1) is 19.9 Å². The molecule has 7 heteroatoms. The third-order valence-electron chi connectivity index (χ3n) is 3.91. The number of aromatic nitrogens is 1. The molecule has 0 radical (unpaired) electrons. The summed E-state index contributed by atoms with van der Waals surface area (Å²) < 4.78 is 18.4. The lowest BCUT2D eigenvalue weighted by molar-refractivity contribution is 0.404. The monoisotopic (exact) mass is 371 g/mol. The number of methoxy groups -OCH3 is 2. The van der Waals surface area contributed by atoms with Crippen molar-refractivity contribution in [2.45, 2.75) is 13.8 Å². The molecule has 0 atom stereocenters. The summed E-state index contributed by atoms with van der Waals surface area (Å²) in [6, 6.07) is 9.51. The highest BCUT2D eigenvalue weighted by atomic mass is 32.1. The van der Waals surface area contributed by atoms with Gasteiger partial charge in [0.15, 0.2) is 0 Å². The van der Waals surface area contributed by atoms with E-state index in [2.05, 4.69) is 4.99 Å². The van der Waals surface area contributed by atoms with Crippen LogP contribution in [0.15, 0.2) is 50.2 Å². The van der Waals surface area contributed by atoms with E-state index in [1.54, 1.807) is 25.9 Å². The van der Waals surface area contributed by atoms with Crippen LogP contribution in [0.1, 0.15) is 18.4 Å². The van der Waals surface area contributed by atoms with Gasteiger partial charge in [0.25, 0.3) is 0 Å². The van der Waals surface area contributed by atoms with Crippen molar-refractivity contribution in [1.29, 1.82) is 0 Å². The van der Waals surface area contributed by atoms with Crippen molar-refractivity contribution in [2.75, 3.05) is 21.3 Å². The lowest BCUT2D eigenvalue weighted by Gasteiger charge is -2.11. The molecule has 0 N–H and O–H groups in total. The van der Waals surface area contributed by atoms with Gasteiger partial charge < -0.3 is 13.9 Å². The molecular formula is C19H21N3O3S. The summed E-state index contributed by atoms with van der Waals surface area (Å²) in [6.07, 6.45) is 0. The first kappa shape index (κ1) is 18.0.